The molecule has 8 heteroatoms. The van der Waals surface area contributed by atoms with Gasteiger partial charge in [-0.3, -0.25) is 14.4 Å². The number of unbranched alkanes of at least 4 members (excludes halogenated alkanes) is 1. The summed E-state index contributed by atoms with van der Waals surface area (Å²) in [5, 5.41) is 13.9. The molecule has 0 saturated heterocycles. The predicted molar refractivity (Wildman–Crippen MR) is 92.2 cm³/mol. The van der Waals surface area contributed by atoms with E-state index in [0.717, 1.165) is 0 Å². The van der Waals surface area contributed by atoms with Crippen LogP contribution in [0.4, 0.5) is 4.79 Å². The highest BCUT2D eigenvalue weighted by atomic mass is 16.6. The lowest BCUT2D eigenvalue weighted by Crippen LogP contribution is -2.40. The van der Waals surface area contributed by atoms with Gasteiger partial charge < -0.3 is 20.5 Å². The second-order valence-electron chi connectivity index (χ2n) is 6.76. The fourth-order valence-corrected chi connectivity index (χ4v) is 1.99. The molecule has 0 aliphatic carbocycles. The molecule has 0 radical (unpaired) electrons. The Kier molecular flexibility index (Phi) is 10.5. The van der Waals surface area contributed by atoms with Crippen molar-refractivity contribution < 1.29 is 29.0 Å². The number of nitrogens with one attached hydrogen (secondary N) is 2. The minimum absolute atomic E-state index is 0.111. The van der Waals surface area contributed by atoms with Crippen molar-refractivity contribution in [1.82, 2.24) is 10.6 Å². The van der Waals surface area contributed by atoms with Crippen molar-refractivity contribution >= 4 is 23.8 Å². The van der Waals surface area contributed by atoms with Crippen LogP contribution in [-0.4, -0.2) is 47.0 Å². The van der Waals surface area contributed by atoms with Gasteiger partial charge in [0.15, 0.2) is 5.78 Å². The van der Waals surface area contributed by atoms with Gasteiger partial charge in [-0.05, 0) is 40.0 Å². The van der Waals surface area contributed by atoms with E-state index in [2.05, 4.69) is 10.6 Å². The first-order valence-electron chi connectivity index (χ1n) is 8.56. The summed E-state index contributed by atoms with van der Waals surface area (Å²) in [6, 6.07) is -0.687. The Morgan fingerprint density at radius 3 is 2.24 bits per heavy atom. The molecule has 144 valence electrons. The quantitative estimate of drug-likeness (QED) is 0.486. The topological polar surface area (TPSA) is 122 Å². The number of ether oxygens (including phenoxy) is 1. The number of rotatable bonds is 11. The Labute approximate surface area is 148 Å². The first-order chi connectivity index (χ1) is 11.5. The van der Waals surface area contributed by atoms with Crippen molar-refractivity contribution in [3.05, 3.63) is 0 Å². The maximum Gasteiger partial charge on any atom is 0.407 e. The summed E-state index contributed by atoms with van der Waals surface area (Å²) in [6.45, 7) is 7.40. The van der Waals surface area contributed by atoms with Crippen molar-refractivity contribution in [1.29, 1.82) is 0 Å². The number of alkyl carbamates (subject to hydrolysis) is 1. The summed E-state index contributed by atoms with van der Waals surface area (Å²) in [5.41, 5.74) is -0.559. The van der Waals surface area contributed by atoms with Crippen molar-refractivity contribution in [2.24, 2.45) is 0 Å². The smallest absolute Gasteiger partial charge is 0.407 e. The van der Waals surface area contributed by atoms with Crippen LogP contribution < -0.4 is 10.6 Å². The Bertz CT molecular complexity index is 470. The molecule has 0 saturated carbocycles. The lowest BCUT2D eigenvalue weighted by Gasteiger charge is -2.20. The minimum atomic E-state index is -1.05. The van der Waals surface area contributed by atoms with Gasteiger partial charge >= 0.3 is 12.1 Å². The first-order valence-corrected chi connectivity index (χ1v) is 8.56. The van der Waals surface area contributed by atoms with Crippen LogP contribution >= 0.6 is 0 Å². The zero-order valence-electron chi connectivity index (χ0n) is 15.5. The highest BCUT2D eigenvalue weighted by Crippen LogP contribution is 2.08. The third-order valence-corrected chi connectivity index (χ3v) is 3.22. The van der Waals surface area contributed by atoms with Crippen LogP contribution in [0, 0.1) is 0 Å². The maximum absolute atomic E-state index is 12.1. The molecule has 0 aromatic rings. The second kappa shape index (κ2) is 11.4. The molecule has 1 atom stereocenters. The lowest BCUT2D eigenvalue weighted by molar-refractivity contribution is -0.138. The second-order valence-corrected chi connectivity index (χ2v) is 6.76. The minimum Gasteiger partial charge on any atom is -0.481 e. The zero-order chi connectivity index (χ0) is 19.5. The van der Waals surface area contributed by atoms with E-state index < -0.39 is 23.7 Å². The molecule has 0 aromatic heterocycles. The predicted octanol–water partition coefficient (Wildman–Crippen LogP) is 2.01. The third kappa shape index (κ3) is 12.9. The number of hydrogen-bond acceptors (Lipinski definition) is 5. The number of ketones is 1. The summed E-state index contributed by atoms with van der Waals surface area (Å²) in [4.78, 5) is 45.7. The van der Waals surface area contributed by atoms with Gasteiger partial charge in [0.25, 0.3) is 0 Å². The van der Waals surface area contributed by atoms with E-state index in [1.165, 1.54) is 0 Å². The molecule has 2 amide bonds. The molecule has 0 heterocycles. The van der Waals surface area contributed by atoms with E-state index in [-0.39, 0.29) is 31.0 Å². The molecule has 1 unspecified atom stereocenters. The Morgan fingerprint density at radius 1 is 1.08 bits per heavy atom. The van der Waals surface area contributed by atoms with Crippen molar-refractivity contribution in [2.75, 3.05) is 6.54 Å². The summed E-state index contributed by atoms with van der Waals surface area (Å²) in [7, 11) is 0. The van der Waals surface area contributed by atoms with Gasteiger partial charge in [0.1, 0.15) is 5.60 Å². The zero-order valence-corrected chi connectivity index (χ0v) is 15.5. The number of carboxylic acid groups (broad SMARTS) is 1. The molecular weight excluding hydrogens is 328 g/mol. The number of carbonyl (C=O) groups is 4. The number of carboxylic acids is 1. The van der Waals surface area contributed by atoms with E-state index in [0.29, 0.717) is 25.8 Å². The van der Waals surface area contributed by atoms with Gasteiger partial charge in [0.2, 0.25) is 5.91 Å². The molecule has 8 nitrogen and oxygen atoms in total. The average molecular weight is 358 g/mol. The largest absolute Gasteiger partial charge is 0.481 e. The summed E-state index contributed by atoms with van der Waals surface area (Å²) in [6.07, 6.45) is 1.01. The Morgan fingerprint density at radius 2 is 1.72 bits per heavy atom. The molecule has 3 N–H and O–H groups in total. The first kappa shape index (κ1) is 22.9. The summed E-state index contributed by atoms with van der Waals surface area (Å²) >= 11 is 0. The number of Topliss-reactive ketones (excluding diaryl/α,β-unsaturated/α-hetero) is 1. The summed E-state index contributed by atoms with van der Waals surface area (Å²) in [5.74, 6) is -1.58. The van der Waals surface area contributed by atoms with Crippen LogP contribution in [0.3, 0.4) is 0 Å². The van der Waals surface area contributed by atoms with E-state index in [1.54, 1.807) is 27.7 Å². The Hall–Kier alpha value is -2.12. The highest BCUT2D eigenvalue weighted by molar-refractivity contribution is 5.90. The third-order valence-electron chi connectivity index (χ3n) is 3.22. The lowest BCUT2D eigenvalue weighted by atomic mass is 10.0. The number of carbonyl (C=O) groups excluding carboxylic acids is 3. The molecule has 0 rings (SSSR count). The van der Waals surface area contributed by atoms with Crippen molar-refractivity contribution in [2.45, 2.75) is 77.9 Å². The van der Waals surface area contributed by atoms with Crippen LogP contribution in [0.15, 0.2) is 0 Å². The fourth-order valence-electron chi connectivity index (χ4n) is 1.99. The Balaban J connectivity index is 4.25. The van der Waals surface area contributed by atoms with Gasteiger partial charge in [0, 0.05) is 19.4 Å². The van der Waals surface area contributed by atoms with Crippen molar-refractivity contribution in [3.8, 4) is 0 Å². The molecule has 0 fully saturated rings. The molecule has 0 aromatic carbocycles. The van der Waals surface area contributed by atoms with E-state index in [9.17, 15) is 19.2 Å². The normalized spacial score (nSPS) is 12.2. The van der Waals surface area contributed by atoms with Gasteiger partial charge in [-0.1, -0.05) is 6.92 Å². The summed E-state index contributed by atoms with van der Waals surface area (Å²) < 4.78 is 5.11. The van der Waals surface area contributed by atoms with Gasteiger partial charge in [0.05, 0.1) is 12.5 Å². The van der Waals surface area contributed by atoms with Gasteiger partial charge in [-0.15, -0.1) is 0 Å². The van der Waals surface area contributed by atoms with Crippen LogP contribution in [0.25, 0.3) is 0 Å². The van der Waals surface area contributed by atoms with E-state index in [1.807, 2.05) is 0 Å². The molecule has 0 bridgehead atoms. The maximum atomic E-state index is 12.1. The number of aliphatic carboxylic acids is 1. The van der Waals surface area contributed by atoms with Crippen molar-refractivity contribution in [3.63, 3.8) is 0 Å². The fraction of sp³-hybridized carbons (Fsp3) is 0.765. The average Bonchev–Trinajstić information content (AvgIpc) is 2.48. The highest BCUT2D eigenvalue weighted by Gasteiger charge is 2.20. The van der Waals surface area contributed by atoms with Crippen LogP contribution in [0.1, 0.15) is 66.2 Å². The standard InChI is InChI=1S/C17H30N2O6/c1-5-14(21)19-12(13(20)9-10-15(22)23)8-6-7-11-18-16(24)25-17(2,3)4/h12H,5-11H2,1-4H3,(H,18,24)(H,19,21)(H,22,23). The molecule has 0 aliphatic rings. The molecule has 25 heavy (non-hydrogen) atoms. The van der Waals surface area contributed by atoms with E-state index >= 15 is 0 Å². The molecule has 0 aliphatic heterocycles. The van der Waals surface area contributed by atoms with Crippen LogP contribution in [0.2, 0.25) is 0 Å². The van der Waals surface area contributed by atoms with Crippen LogP contribution in [-0.2, 0) is 19.1 Å². The van der Waals surface area contributed by atoms with Gasteiger partial charge in [-0.25, -0.2) is 4.79 Å². The SMILES string of the molecule is CCC(=O)NC(CCCCNC(=O)OC(C)(C)C)C(=O)CCC(=O)O. The number of hydrogen-bond donors (Lipinski definition) is 3. The molecular formula is C17H30N2O6. The van der Waals surface area contributed by atoms with Gasteiger partial charge in [-0.2, -0.15) is 0 Å². The van der Waals surface area contributed by atoms with Crippen LogP contribution in [0.5, 0.6) is 0 Å². The monoisotopic (exact) mass is 358 g/mol. The number of amides is 2. The van der Waals surface area contributed by atoms with E-state index in [4.69, 9.17) is 9.84 Å². The molecule has 0 spiro atoms.